The van der Waals surface area contributed by atoms with Gasteiger partial charge in [-0.15, -0.1) is 0 Å². The van der Waals surface area contributed by atoms with E-state index in [0.717, 1.165) is 28.6 Å². The molecule has 1 N–H and O–H groups in total. The van der Waals surface area contributed by atoms with Crippen molar-refractivity contribution in [2.75, 3.05) is 11.9 Å². The molecule has 2 aliphatic heterocycles. The van der Waals surface area contributed by atoms with Gasteiger partial charge in [-0.05, 0) is 31.9 Å². The highest BCUT2D eigenvalue weighted by Gasteiger charge is 2.45. The number of rotatable bonds is 5. The molecule has 2 aliphatic rings. The number of aliphatic imine (C=N–C) groups is 1. The number of aryl methyl sites for hydroxylation is 2. The summed E-state index contributed by atoms with van der Waals surface area (Å²) in [5.74, 6) is 0.803. The maximum absolute atomic E-state index is 9.08. The van der Waals surface area contributed by atoms with Gasteiger partial charge in [0, 0.05) is 41.4 Å². The molecule has 0 radical (unpaired) electrons. The predicted molar refractivity (Wildman–Crippen MR) is 137 cm³/mol. The van der Waals surface area contributed by atoms with Gasteiger partial charge in [-0.2, -0.15) is 10.4 Å². The highest BCUT2D eigenvalue weighted by Crippen LogP contribution is 2.60. The van der Waals surface area contributed by atoms with Gasteiger partial charge in [0.1, 0.15) is 0 Å². The Kier molecular flexibility index (Phi) is 5.92. The number of fused-ring (bicyclic) bond motifs is 2. The van der Waals surface area contributed by atoms with Crippen molar-refractivity contribution in [3.05, 3.63) is 46.5 Å². The molecule has 0 spiro atoms. The molecule has 6 nitrogen and oxygen atoms in total. The van der Waals surface area contributed by atoms with Crippen LogP contribution in [0.15, 0.2) is 40.3 Å². The van der Waals surface area contributed by atoms with Gasteiger partial charge in [0.15, 0.2) is 5.82 Å². The van der Waals surface area contributed by atoms with Gasteiger partial charge in [-0.3, -0.25) is 5.09 Å². The fourth-order valence-corrected chi connectivity index (χ4v) is 9.69. The SMILES string of the molecule is CCC(C)NP1(=S)/C(=C2/N(C)c3ccccc3C2(C)C)C=Nc2c1c(C)nn2CCC#N. The van der Waals surface area contributed by atoms with E-state index in [9.17, 15) is 0 Å². The summed E-state index contributed by atoms with van der Waals surface area (Å²) in [7, 11) is 2.13. The second-order valence-corrected chi connectivity index (χ2v) is 13.2. The smallest absolute Gasteiger partial charge is 0.160 e. The molecule has 0 saturated heterocycles. The second-order valence-electron chi connectivity index (χ2n) is 9.13. The maximum atomic E-state index is 9.08. The van der Waals surface area contributed by atoms with Crippen LogP contribution in [0.5, 0.6) is 0 Å². The summed E-state index contributed by atoms with van der Waals surface area (Å²) in [6, 6.07) is 11.0. The number of nitriles is 1. The third-order valence-corrected chi connectivity index (χ3v) is 11.0. The van der Waals surface area contributed by atoms with Crippen molar-refractivity contribution in [3.63, 3.8) is 0 Å². The molecule has 2 unspecified atom stereocenters. The van der Waals surface area contributed by atoms with E-state index >= 15 is 0 Å². The van der Waals surface area contributed by atoms with Crippen LogP contribution in [0.2, 0.25) is 0 Å². The lowest BCUT2D eigenvalue weighted by Crippen LogP contribution is -2.34. The molecule has 8 heteroatoms. The second kappa shape index (κ2) is 8.26. The Bertz CT molecular complexity index is 1220. The topological polar surface area (TPSA) is 69.2 Å². The molecule has 4 rings (SSSR count). The van der Waals surface area contributed by atoms with Crippen molar-refractivity contribution < 1.29 is 0 Å². The van der Waals surface area contributed by atoms with Crippen molar-refractivity contribution in [1.29, 1.82) is 5.26 Å². The normalized spacial score (nSPS) is 24.2. The first-order valence-electron chi connectivity index (χ1n) is 11.1. The Balaban J connectivity index is 1.99. The summed E-state index contributed by atoms with van der Waals surface area (Å²) >= 11 is 6.59. The van der Waals surface area contributed by atoms with Gasteiger partial charge < -0.3 is 4.90 Å². The van der Waals surface area contributed by atoms with Crippen LogP contribution < -0.4 is 15.3 Å². The minimum Gasteiger partial charge on any atom is -0.346 e. The summed E-state index contributed by atoms with van der Waals surface area (Å²) in [5.41, 5.74) is 4.43. The average molecular weight is 467 g/mol. The van der Waals surface area contributed by atoms with Crippen LogP contribution in [0.25, 0.3) is 0 Å². The van der Waals surface area contributed by atoms with Gasteiger partial charge in [-0.25, -0.2) is 9.67 Å². The molecule has 2 atom stereocenters. The lowest BCUT2D eigenvalue weighted by atomic mass is 9.84. The Labute approximate surface area is 196 Å². The quantitative estimate of drug-likeness (QED) is 0.637. The maximum Gasteiger partial charge on any atom is 0.160 e. The standard InChI is InChI=1S/C24H31N6PS/c1-7-16(2)28-31(32)20(15-26-23-21(31)17(3)27-30(23)14-10-13-25)22-24(4,5)18-11-8-9-12-19(18)29(22)6/h8-9,11-12,15-16H,7,10,14H2,1-6H3,(H,28,32)/b22-20+. The number of hydrogen-bond acceptors (Lipinski definition) is 5. The molecule has 0 amide bonds. The van der Waals surface area contributed by atoms with E-state index in [-0.39, 0.29) is 11.5 Å². The van der Waals surface area contributed by atoms with Crippen LogP contribution in [-0.4, -0.2) is 29.1 Å². The van der Waals surface area contributed by atoms with Crippen molar-refractivity contribution in [2.24, 2.45) is 4.99 Å². The number of benzene rings is 1. The summed E-state index contributed by atoms with van der Waals surface area (Å²) in [5, 5.41) is 19.8. The highest BCUT2D eigenvalue weighted by molar-refractivity contribution is 8.20. The Morgan fingerprint density at radius 2 is 2.03 bits per heavy atom. The first kappa shape index (κ1) is 22.9. The van der Waals surface area contributed by atoms with E-state index in [2.05, 4.69) is 75.1 Å². The van der Waals surface area contributed by atoms with E-state index < -0.39 is 6.19 Å². The molecular weight excluding hydrogens is 435 g/mol. The minimum atomic E-state index is -2.42. The van der Waals surface area contributed by atoms with Crippen molar-refractivity contribution in [3.8, 4) is 6.07 Å². The van der Waals surface area contributed by atoms with Gasteiger partial charge in [-0.1, -0.05) is 50.8 Å². The van der Waals surface area contributed by atoms with Crippen LogP contribution in [0.3, 0.4) is 0 Å². The zero-order valence-corrected chi connectivity index (χ0v) is 21.4. The van der Waals surface area contributed by atoms with E-state index in [4.69, 9.17) is 27.2 Å². The number of likely N-dealkylation sites (N-methyl/N-ethyl adjacent to an activating group) is 1. The number of aromatic nitrogens is 2. The number of anilines is 1. The van der Waals surface area contributed by atoms with Crippen molar-refractivity contribution in [1.82, 2.24) is 14.9 Å². The van der Waals surface area contributed by atoms with E-state index in [1.807, 2.05) is 17.8 Å². The lowest BCUT2D eigenvalue weighted by Gasteiger charge is -2.36. The zero-order valence-electron chi connectivity index (χ0n) is 19.7. The Morgan fingerprint density at radius 1 is 1.31 bits per heavy atom. The Hall–Kier alpha value is -2.26. The highest BCUT2D eigenvalue weighted by atomic mass is 32.4. The van der Waals surface area contributed by atoms with E-state index in [1.54, 1.807) is 0 Å². The average Bonchev–Trinajstić information content (AvgIpc) is 3.19. The van der Waals surface area contributed by atoms with Crippen molar-refractivity contribution in [2.45, 2.75) is 65.5 Å². The predicted octanol–water partition coefficient (Wildman–Crippen LogP) is 4.87. The van der Waals surface area contributed by atoms with Crippen LogP contribution in [-0.2, 0) is 23.8 Å². The molecule has 0 bridgehead atoms. The summed E-state index contributed by atoms with van der Waals surface area (Å²) < 4.78 is 1.85. The molecule has 0 saturated carbocycles. The fraction of sp³-hybridized carbons (Fsp3) is 0.458. The third kappa shape index (κ3) is 3.37. The molecule has 2 aromatic rings. The molecule has 168 valence electrons. The molecule has 0 aliphatic carbocycles. The molecule has 1 aromatic heterocycles. The Morgan fingerprint density at radius 3 is 2.69 bits per heavy atom. The molecule has 0 fully saturated rings. The molecular formula is C24H31N6PS. The number of nitrogens with zero attached hydrogens (tertiary/aromatic N) is 5. The van der Waals surface area contributed by atoms with Gasteiger partial charge in [0.2, 0.25) is 0 Å². The number of hydrogen-bond donors (Lipinski definition) is 1. The molecule has 32 heavy (non-hydrogen) atoms. The largest absolute Gasteiger partial charge is 0.346 e. The third-order valence-electron chi connectivity index (χ3n) is 6.59. The first-order chi connectivity index (χ1) is 15.2. The number of allylic oxidation sites excluding steroid dienone is 2. The van der Waals surface area contributed by atoms with E-state index in [0.29, 0.717) is 13.0 Å². The molecule has 1 aromatic carbocycles. The van der Waals surface area contributed by atoms with Crippen LogP contribution >= 0.6 is 6.19 Å². The lowest BCUT2D eigenvalue weighted by molar-refractivity contribution is 0.626. The monoisotopic (exact) mass is 466 g/mol. The van der Waals surface area contributed by atoms with Crippen LogP contribution in [0, 0.1) is 18.3 Å². The van der Waals surface area contributed by atoms with Gasteiger partial charge in [0.25, 0.3) is 0 Å². The van der Waals surface area contributed by atoms with Crippen molar-refractivity contribution >= 4 is 41.0 Å². The van der Waals surface area contributed by atoms with E-state index in [1.165, 1.54) is 16.9 Å². The summed E-state index contributed by atoms with van der Waals surface area (Å²) in [6.45, 7) is 11.4. The van der Waals surface area contributed by atoms with Crippen LogP contribution in [0.4, 0.5) is 11.5 Å². The summed E-state index contributed by atoms with van der Waals surface area (Å²) in [4.78, 5) is 7.17. The summed E-state index contributed by atoms with van der Waals surface area (Å²) in [6.07, 6.45) is 0.923. The first-order valence-corrected chi connectivity index (χ1v) is 13.9. The number of para-hydroxylation sites is 1. The number of nitrogens with one attached hydrogen (secondary N) is 1. The minimum absolute atomic E-state index is 0.198. The van der Waals surface area contributed by atoms with Gasteiger partial charge in [0.05, 0.1) is 36.2 Å². The van der Waals surface area contributed by atoms with Crippen LogP contribution in [0.1, 0.15) is 51.8 Å². The fourth-order valence-electron chi connectivity index (χ4n) is 4.89. The zero-order chi connectivity index (χ0) is 23.3. The van der Waals surface area contributed by atoms with Gasteiger partial charge >= 0.3 is 0 Å². The molecule has 3 heterocycles.